The highest BCUT2D eigenvalue weighted by Gasteiger charge is 2.01. The normalized spacial score (nSPS) is 11.3. The molecule has 1 N–H and O–H groups in total. The third-order valence-electron chi connectivity index (χ3n) is 3.23. The van der Waals surface area contributed by atoms with Crippen molar-refractivity contribution in [1.29, 1.82) is 0 Å². The molecule has 114 valence electrons. The van der Waals surface area contributed by atoms with Crippen molar-refractivity contribution in [1.82, 2.24) is 15.2 Å². The number of aromatic nitrogens is 1. The van der Waals surface area contributed by atoms with E-state index in [2.05, 4.69) is 49.0 Å². The van der Waals surface area contributed by atoms with Gasteiger partial charge >= 0.3 is 0 Å². The van der Waals surface area contributed by atoms with Gasteiger partial charge in [-0.25, -0.2) is 4.98 Å². The van der Waals surface area contributed by atoms with E-state index in [1.807, 2.05) is 12.3 Å². The average molecular weight is 279 g/mol. The van der Waals surface area contributed by atoms with E-state index in [0.29, 0.717) is 18.4 Å². The molecule has 20 heavy (non-hydrogen) atoms. The van der Waals surface area contributed by atoms with Crippen LogP contribution in [0.2, 0.25) is 0 Å². The van der Waals surface area contributed by atoms with Crippen molar-refractivity contribution >= 4 is 0 Å². The summed E-state index contributed by atoms with van der Waals surface area (Å²) < 4.78 is 5.66. The quantitative estimate of drug-likeness (QED) is 0.714. The Kier molecular flexibility index (Phi) is 8.23. The van der Waals surface area contributed by atoms with Gasteiger partial charge in [0.1, 0.15) is 6.61 Å². The number of ether oxygens (including phenoxy) is 1. The number of rotatable bonds is 10. The summed E-state index contributed by atoms with van der Waals surface area (Å²) in [6, 6.07) is 4.03. The fourth-order valence-electron chi connectivity index (χ4n) is 1.93. The van der Waals surface area contributed by atoms with Gasteiger partial charge in [-0.15, -0.1) is 0 Å². The molecule has 0 aromatic carbocycles. The van der Waals surface area contributed by atoms with Crippen LogP contribution in [0, 0.1) is 5.92 Å². The summed E-state index contributed by atoms with van der Waals surface area (Å²) >= 11 is 0. The molecule has 0 amide bonds. The Morgan fingerprint density at radius 1 is 1.25 bits per heavy atom. The number of likely N-dealkylation sites (N-methyl/N-ethyl adjacent to an activating group) is 1. The van der Waals surface area contributed by atoms with E-state index in [0.717, 1.165) is 32.7 Å². The first-order chi connectivity index (χ1) is 9.65. The van der Waals surface area contributed by atoms with Crippen LogP contribution >= 0.6 is 0 Å². The minimum absolute atomic E-state index is 0.672. The summed E-state index contributed by atoms with van der Waals surface area (Å²) in [4.78, 5) is 6.68. The molecule has 1 heterocycles. The molecule has 0 unspecified atom stereocenters. The standard InChI is InChI=1S/C16H29N3O/c1-5-19(6-2)9-10-20-16-8-7-15(13-18-16)12-17-11-14(3)4/h7-8,13-14,17H,5-6,9-12H2,1-4H3. The molecule has 0 saturated carbocycles. The maximum Gasteiger partial charge on any atom is 0.213 e. The predicted octanol–water partition coefficient (Wildman–Crippen LogP) is 2.55. The molecule has 0 bridgehead atoms. The Morgan fingerprint density at radius 3 is 2.55 bits per heavy atom. The van der Waals surface area contributed by atoms with E-state index < -0.39 is 0 Å². The molecule has 0 saturated heterocycles. The van der Waals surface area contributed by atoms with Gasteiger partial charge in [0.25, 0.3) is 0 Å². The van der Waals surface area contributed by atoms with Crippen LogP contribution in [0.3, 0.4) is 0 Å². The van der Waals surface area contributed by atoms with Crippen LogP contribution in [0.5, 0.6) is 5.88 Å². The molecule has 4 nitrogen and oxygen atoms in total. The van der Waals surface area contributed by atoms with Gasteiger partial charge in [0.15, 0.2) is 0 Å². The van der Waals surface area contributed by atoms with Crippen molar-refractivity contribution in [3.8, 4) is 5.88 Å². The molecular weight excluding hydrogens is 250 g/mol. The predicted molar refractivity (Wildman–Crippen MR) is 84.1 cm³/mol. The minimum atomic E-state index is 0.672. The summed E-state index contributed by atoms with van der Waals surface area (Å²) in [6.45, 7) is 14.4. The Hall–Kier alpha value is -1.13. The second-order valence-corrected chi connectivity index (χ2v) is 5.40. The fourth-order valence-corrected chi connectivity index (χ4v) is 1.93. The van der Waals surface area contributed by atoms with Gasteiger partial charge in [-0.05, 0) is 31.1 Å². The van der Waals surface area contributed by atoms with Gasteiger partial charge in [-0.1, -0.05) is 33.8 Å². The Labute approximate surface area is 123 Å². The summed E-state index contributed by atoms with van der Waals surface area (Å²) in [5.41, 5.74) is 1.20. The summed E-state index contributed by atoms with van der Waals surface area (Å²) in [6.07, 6.45) is 1.89. The van der Waals surface area contributed by atoms with Crippen molar-refractivity contribution in [3.63, 3.8) is 0 Å². The molecule has 0 radical (unpaired) electrons. The molecule has 0 aliphatic heterocycles. The minimum Gasteiger partial charge on any atom is -0.476 e. The van der Waals surface area contributed by atoms with Crippen molar-refractivity contribution < 1.29 is 4.74 Å². The first-order valence-corrected chi connectivity index (χ1v) is 7.66. The number of nitrogens with one attached hydrogen (secondary N) is 1. The van der Waals surface area contributed by atoms with Gasteiger partial charge in [-0.3, -0.25) is 0 Å². The zero-order chi connectivity index (χ0) is 14.8. The smallest absolute Gasteiger partial charge is 0.213 e. The monoisotopic (exact) mass is 279 g/mol. The lowest BCUT2D eigenvalue weighted by Gasteiger charge is -2.17. The van der Waals surface area contributed by atoms with Crippen molar-refractivity contribution in [3.05, 3.63) is 23.9 Å². The molecule has 1 rings (SSSR count). The second kappa shape index (κ2) is 9.72. The van der Waals surface area contributed by atoms with Crippen LogP contribution in [-0.2, 0) is 6.54 Å². The molecule has 1 aromatic heterocycles. The van der Waals surface area contributed by atoms with E-state index in [4.69, 9.17) is 4.74 Å². The lowest BCUT2D eigenvalue weighted by atomic mass is 10.2. The third-order valence-corrected chi connectivity index (χ3v) is 3.23. The lowest BCUT2D eigenvalue weighted by molar-refractivity contribution is 0.218. The fraction of sp³-hybridized carbons (Fsp3) is 0.688. The highest BCUT2D eigenvalue weighted by atomic mass is 16.5. The molecule has 0 fully saturated rings. The van der Waals surface area contributed by atoms with Crippen LogP contribution < -0.4 is 10.1 Å². The van der Waals surface area contributed by atoms with E-state index in [1.165, 1.54) is 5.56 Å². The van der Waals surface area contributed by atoms with Crippen LogP contribution in [0.1, 0.15) is 33.3 Å². The second-order valence-electron chi connectivity index (χ2n) is 5.40. The van der Waals surface area contributed by atoms with Gasteiger partial charge in [-0.2, -0.15) is 0 Å². The van der Waals surface area contributed by atoms with Crippen molar-refractivity contribution in [2.45, 2.75) is 34.2 Å². The summed E-state index contributed by atoms with van der Waals surface area (Å²) in [7, 11) is 0. The van der Waals surface area contributed by atoms with E-state index in [-0.39, 0.29) is 0 Å². The average Bonchev–Trinajstić information content (AvgIpc) is 2.45. The van der Waals surface area contributed by atoms with Gasteiger partial charge in [0.05, 0.1) is 0 Å². The molecule has 0 atom stereocenters. The van der Waals surface area contributed by atoms with E-state index in [1.54, 1.807) is 0 Å². The molecule has 1 aromatic rings. The molecule has 4 heteroatoms. The van der Waals surface area contributed by atoms with Crippen LogP contribution in [0.4, 0.5) is 0 Å². The van der Waals surface area contributed by atoms with Gasteiger partial charge in [0, 0.05) is 25.4 Å². The summed E-state index contributed by atoms with van der Waals surface area (Å²) in [5.74, 6) is 1.38. The van der Waals surface area contributed by atoms with Crippen molar-refractivity contribution in [2.75, 3.05) is 32.8 Å². The molecule has 0 aliphatic rings. The Bertz CT molecular complexity index is 347. The van der Waals surface area contributed by atoms with E-state index >= 15 is 0 Å². The molecule has 0 aliphatic carbocycles. The zero-order valence-corrected chi connectivity index (χ0v) is 13.4. The number of hydrogen-bond donors (Lipinski definition) is 1. The van der Waals surface area contributed by atoms with Crippen molar-refractivity contribution in [2.24, 2.45) is 5.92 Å². The highest BCUT2D eigenvalue weighted by Crippen LogP contribution is 2.07. The van der Waals surface area contributed by atoms with Gasteiger partial charge < -0.3 is 15.0 Å². The van der Waals surface area contributed by atoms with Crippen LogP contribution in [0.25, 0.3) is 0 Å². The van der Waals surface area contributed by atoms with Crippen LogP contribution in [0.15, 0.2) is 18.3 Å². The largest absolute Gasteiger partial charge is 0.476 e. The first kappa shape index (κ1) is 16.9. The highest BCUT2D eigenvalue weighted by molar-refractivity contribution is 5.17. The zero-order valence-electron chi connectivity index (χ0n) is 13.4. The van der Waals surface area contributed by atoms with Crippen LogP contribution in [-0.4, -0.2) is 42.7 Å². The number of nitrogens with zero attached hydrogens (tertiary/aromatic N) is 2. The summed E-state index contributed by atoms with van der Waals surface area (Å²) in [5, 5.41) is 3.41. The number of pyridine rings is 1. The lowest BCUT2D eigenvalue weighted by Crippen LogP contribution is -2.28. The molecular formula is C16H29N3O. The number of hydrogen-bond acceptors (Lipinski definition) is 4. The van der Waals surface area contributed by atoms with E-state index in [9.17, 15) is 0 Å². The third kappa shape index (κ3) is 6.87. The molecule has 0 spiro atoms. The Morgan fingerprint density at radius 2 is 2.00 bits per heavy atom. The SMILES string of the molecule is CCN(CC)CCOc1ccc(CNCC(C)C)cn1. The maximum absolute atomic E-state index is 5.66. The van der Waals surface area contributed by atoms with Gasteiger partial charge in [0.2, 0.25) is 5.88 Å². The Balaban J connectivity index is 2.28. The first-order valence-electron chi connectivity index (χ1n) is 7.66. The topological polar surface area (TPSA) is 37.4 Å². The maximum atomic E-state index is 5.66.